The molecule has 0 saturated carbocycles. The van der Waals surface area contributed by atoms with Crippen LogP contribution in [0.3, 0.4) is 0 Å². The van der Waals surface area contributed by atoms with Crippen LogP contribution in [0.25, 0.3) is 0 Å². The lowest BCUT2D eigenvalue weighted by molar-refractivity contribution is 0.0948. The third kappa shape index (κ3) is 3.78. The van der Waals surface area contributed by atoms with Crippen LogP contribution in [-0.2, 0) is 0 Å². The summed E-state index contributed by atoms with van der Waals surface area (Å²) in [6.45, 7) is 4.66. The Balaban J connectivity index is 2.11. The molecule has 1 aromatic carbocycles. The zero-order chi connectivity index (χ0) is 14.4. The van der Waals surface area contributed by atoms with Gasteiger partial charge in [0.2, 0.25) is 5.95 Å². The summed E-state index contributed by atoms with van der Waals surface area (Å²) in [5.41, 5.74) is 2.41. The molecule has 2 rings (SSSR count). The Morgan fingerprint density at radius 3 is 2.90 bits per heavy atom. The highest BCUT2D eigenvalue weighted by Gasteiger charge is 2.07. The first kappa shape index (κ1) is 14.0. The highest BCUT2D eigenvalue weighted by Crippen LogP contribution is 2.14. The number of hydrogen-bond acceptors (Lipinski definition) is 4. The minimum absolute atomic E-state index is 0.179. The van der Waals surface area contributed by atoms with Crippen LogP contribution in [0.5, 0.6) is 0 Å². The van der Waals surface area contributed by atoms with Gasteiger partial charge in [-0.15, -0.1) is 0 Å². The van der Waals surface area contributed by atoms with E-state index in [4.69, 9.17) is 0 Å². The zero-order valence-corrected chi connectivity index (χ0v) is 11.7. The molecule has 2 N–H and O–H groups in total. The fraction of sp³-hybridized carbons (Fsp3) is 0.267. The molecule has 0 radical (unpaired) electrons. The number of aryl methyl sites for hydroxylation is 1. The largest absolute Gasteiger partial charge is 0.351 e. The van der Waals surface area contributed by atoms with Crippen LogP contribution in [0.4, 0.5) is 11.6 Å². The number of hydrogen-bond donors (Lipinski definition) is 2. The SMILES string of the molecule is CCCNC(=O)c1ccnc(Nc2cccc(C)c2)n1. The number of anilines is 2. The Morgan fingerprint density at radius 2 is 2.15 bits per heavy atom. The first-order chi connectivity index (χ1) is 9.69. The standard InChI is InChI=1S/C15H18N4O/c1-3-8-16-14(20)13-7-9-17-15(19-13)18-12-6-4-5-11(2)10-12/h4-7,9-10H,3,8H2,1-2H3,(H,16,20)(H,17,18,19). The summed E-state index contributed by atoms with van der Waals surface area (Å²) in [7, 11) is 0. The maximum absolute atomic E-state index is 11.8. The quantitative estimate of drug-likeness (QED) is 0.876. The van der Waals surface area contributed by atoms with E-state index in [-0.39, 0.29) is 5.91 Å². The van der Waals surface area contributed by atoms with Crippen molar-refractivity contribution < 1.29 is 4.79 Å². The van der Waals surface area contributed by atoms with Crippen LogP contribution < -0.4 is 10.6 Å². The molecule has 1 amide bonds. The molecule has 0 spiro atoms. The van der Waals surface area contributed by atoms with Crippen molar-refractivity contribution in [2.45, 2.75) is 20.3 Å². The molecule has 0 atom stereocenters. The third-order valence-corrected chi connectivity index (χ3v) is 2.70. The average molecular weight is 270 g/mol. The van der Waals surface area contributed by atoms with Gasteiger partial charge in [0.15, 0.2) is 0 Å². The second-order valence-electron chi connectivity index (χ2n) is 4.52. The van der Waals surface area contributed by atoms with Crippen LogP contribution in [-0.4, -0.2) is 22.4 Å². The zero-order valence-electron chi connectivity index (χ0n) is 11.7. The smallest absolute Gasteiger partial charge is 0.270 e. The van der Waals surface area contributed by atoms with Crippen LogP contribution in [0.2, 0.25) is 0 Å². The van der Waals surface area contributed by atoms with E-state index in [1.165, 1.54) is 0 Å². The minimum Gasteiger partial charge on any atom is -0.351 e. The molecule has 0 saturated heterocycles. The highest BCUT2D eigenvalue weighted by atomic mass is 16.1. The number of carbonyl (C=O) groups excluding carboxylic acids is 1. The number of rotatable bonds is 5. The molecule has 0 aliphatic carbocycles. The van der Waals surface area contributed by atoms with Gasteiger partial charge in [-0.1, -0.05) is 19.1 Å². The Morgan fingerprint density at radius 1 is 1.30 bits per heavy atom. The molecule has 5 heteroatoms. The lowest BCUT2D eigenvalue weighted by Gasteiger charge is -2.07. The maximum Gasteiger partial charge on any atom is 0.270 e. The van der Waals surface area contributed by atoms with E-state index in [9.17, 15) is 4.79 Å². The normalized spacial score (nSPS) is 10.1. The number of carbonyl (C=O) groups is 1. The van der Waals surface area contributed by atoms with Crippen LogP contribution >= 0.6 is 0 Å². The molecule has 1 heterocycles. The lowest BCUT2D eigenvalue weighted by Crippen LogP contribution is -2.25. The van der Waals surface area contributed by atoms with Crippen molar-refractivity contribution in [3.05, 3.63) is 47.8 Å². The fourth-order valence-electron chi connectivity index (χ4n) is 1.73. The van der Waals surface area contributed by atoms with E-state index in [1.807, 2.05) is 38.1 Å². The van der Waals surface area contributed by atoms with Crippen LogP contribution in [0.15, 0.2) is 36.5 Å². The molecular weight excluding hydrogens is 252 g/mol. The summed E-state index contributed by atoms with van der Waals surface area (Å²) in [5.74, 6) is 0.237. The number of benzene rings is 1. The lowest BCUT2D eigenvalue weighted by atomic mass is 10.2. The minimum atomic E-state index is -0.179. The van der Waals surface area contributed by atoms with Gasteiger partial charge in [-0.05, 0) is 37.1 Å². The predicted octanol–water partition coefficient (Wildman–Crippen LogP) is 2.67. The van der Waals surface area contributed by atoms with Gasteiger partial charge in [-0.2, -0.15) is 0 Å². The molecule has 20 heavy (non-hydrogen) atoms. The first-order valence-corrected chi connectivity index (χ1v) is 6.64. The van der Waals surface area contributed by atoms with E-state index in [0.29, 0.717) is 18.2 Å². The maximum atomic E-state index is 11.8. The number of nitrogens with one attached hydrogen (secondary N) is 2. The first-order valence-electron chi connectivity index (χ1n) is 6.64. The van der Waals surface area contributed by atoms with Crippen LogP contribution in [0, 0.1) is 6.92 Å². The van der Waals surface area contributed by atoms with Crippen molar-refractivity contribution in [2.24, 2.45) is 0 Å². The van der Waals surface area contributed by atoms with Crippen molar-refractivity contribution in [3.8, 4) is 0 Å². The molecule has 2 aromatic rings. The van der Waals surface area contributed by atoms with Gasteiger partial charge in [0.25, 0.3) is 5.91 Å². The second kappa shape index (κ2) is 6.65. The van der Waals surface area contributed by atoms with E-state index in [1.54, 1.807) is 12.3 Å². The van der Waals surface area contributed by atoms with E-state index in [0.717, 1.165) is 17.7 Å². The molecule has 0 fully saturated rings. The summed E-state index contributed by atoms with van der Waals surface area (Å²) < 4.78 is 0. The molecule has 0 bridgehead atoms. The van der Waals surface area contributed by atoms with Crippen molar-refractivity contribution in [3.63, 3.8) is 0 Å². The van der Waals surface area contributed by atoms with Gasteiger partial charge >= 0.3 is 0 Å². The fourth-order valence-corrected chi connectivity index (χ4v) is 1.73. The average Bonchev–Trinajstić information content (AvgIpc) is 2.45. The molecule has 0 aliphatic heterocycles. The number of nitrogens with zero attached hydrogens (tertiary/aromatic N) is 2. The molecule has 104 valence electrons. The van der Waals surface area contributed by atoms with Crippen molar-refractivity contribution >= 4 is 17.5 Å². The molecule has 0 aliphatic rings. The van der Waals surface area contributed by atoms with Gasteiger partial charge < -0.3 is 10.6 Å². The third-order valence-electron chi connectivity index (χ3n) is 2.70. The Bertz CT molecular complexity index is 598. The Labute approximate surface area is 118 Å². The van der Waals surface area contributed by atoms with Gasteiger partial charge in [0.1, 0.15) is 5.69 Å². The Kier molecular flexibility index (Phi) is 4.65. The predicted molar refractivity (Wildman–Crippen MR) is 79.1 cm³/mol. The summed E-state index contributed by atoms with van der Waals surface area (Å²) in [5, 5.41) is 5.89. The highest BCUT2D eigenvalue weighted by molar-refractivity contribution is 5.92. The van der Waals surface area contributed by atoms with Crippen molar-refractivity contribution in [1.29, 1.82) is 0 Å². The summed E-state index contributed by atoms with van der Waals surface area (Å²) in [4.78, 5) is 20.2. The second-order valence-corrected chi connectivity index (χ2v) is 4.52. The molecule has 1 aromatic heterocycles. The topological polar surface area (TPSA) is 66.9 Å². The van der Waals surface area contributed by atoms with Gasteiger partial charge in [0.05, 0.1) is 0 Å². The molecule has 0 unspecified atom stereocenters. The van der Waals surface area contributed by atoms with Gasteiger partial charge in [-0.3, -0.25) is 4.79 Å². The van der Waals surface area contributed by atoms with E-state index >= 15 is 0 Å². The Hall–Kier alpha value is -2.43. The van der Waals surface area contributed by atoms with Gasteiger partial charge in [-0.25, -0.2) is 9.97 Å². The summed E-state index contributed by atoms with van der Waals surface area (Å²) >= 11 is 0. The summed E-state index contributed by atoms with van der Waals surface area (Å²) in [6, 6.07) is 9.50. The van der Waals surface area contributed by atoms with E-state index in [2.05, 4.69) is 20.6 Å². The number of aromatic nitrogens is 2. The van der Waals surface area contributed by atoms with Gasteiger partial charge in [0, 0.05) is 18.4 Å². The monoisotopic (exact) mass is 270 g/mol. The molecule has 5 nitrogen and oxygen atoms in total. The van der Waals surface area contributed by atoms with Crippen molar-refractivity contribution in [2.75, 3.05) is 11.9 Å². The van der Waals surface area contributed by atoms with E-state index < -0.39 is 0 Å². The van der Waals surface area contributed by atoms with Crippen LogP contribution in [0.1, 0.15) is 29.4 Å². The van der Waals surface area contributed by atoms with Crippen molar-refractivity contribution in [1.82, 2.24) is 15.3 Å². The molecular formula is C15H18N4O. The number of amides is 1. The summed E-state index contributed by atoms with van der Waals surface area (Å²) in [6.07, 6.45) is 2.47.